The molecule has 0 N–H and O–H groups in total. The summed E-state index contributed by atoms with van der Waals surface area (Å²) in [5.74, 6) is -25.9. The van der Waals surface area contributed by atoms with Gasteiger partial charge in [-0.05, 0) is 215 Å². The zero-order valence-electron chi connectivity index (χ0n) is 58.2. The van der Waals surface area contributed by atoms with Crippen LogP contribution >= 0.6 is 29.5 Å². The minimum absolute atomic E-state index is 0.0162. The third-order valence-corrected chi connectivity index (χ3v) is 43.4. The van der Waals surface area contributed by atoms with Crippen LogP contribution in [0, 0.1) is 0 Å². The van der Waals surface area contributed by atoms with E-state index >= 15 is 8.78 Å². The highest BCUT2D eigenvalue weighted by Gasteiger charge is 2.90. The van der Waals surface area contributed by atoms with Gasteiger partial charge in [0, 0.05) is 39.3 Å². The first-order valence-corrected chi connectivity index (χ1v) is 44.8. The molecule has 0 spiro atoms. The van der Waals surface area contributed by atoms with Gasteiger partial charge in [-0.3, -0.25) is 0 Å². The minimum atomic E-state index is -6.99. The summed E-state index contributed by atoms with van der Waals surface area (Å²) < 4.78 is 266. The second-order valence-electron chi connectivity index (χ2n) is 29.3. The van der Waals surface area contributed by atoms with E-state index in [1.54, 1.807) is 12.1 Å². The molecule has 4 aromatic carbocycles. The smallest absolute Gasteiger partial charge is 0.189 e. The number of hydrogen-bond acceptors (Lipinski definition) is 3. The molecule has 8 fully saturated rings. The number of halogens is 18. The summed E-state index contributed by atoms with van der Waals surface area (Å²) in [6.07, 6.45) is 26.0. The fourth-order valence-corrected chi connectivity index (χ4v) is 40.0. The first-order valence-electron chi connectivity index (χ1n) is 37.5. The van der Waals surface area contributed by atoms with Crippen LogP contribution in [0.25, 0.3) is 0 Å². The monoisotopic (exact) mass is 1530 g/mol. The maximum atomic E-state index is 15.9. The minimum Gasteiger partial charge on any atom is -0.189 e. The summed E-state index contributed by atoms with van der Waals surface area (Å²) in [4.78, 5) is 0. The molecule has 3 saturated heterocycles. The van der Waals surface area contributed by atoms with Crippen LogP contribution in [0.4, 0.5) is 79.0 Å². The van der Waals surface area contributed by atoms with Crippen molar-refractivity contribution in [3.63, 3.8) is 0 Å². The van der Waals surface area contributed by atoms with Gasteiger partial charge in [0.2, 0.25) is 0 Å². The first-order chi connectivity index (χ1) is 48.0. The summed E-state index contributed by atoms with van der Waals surface area (Å²) in [5.41, 5.74) is -6.06. The first kappa shape index (κ1) is 82.3. The molecule has 3 nitrogen and oxygen atoms in total. The Kier molecular flexibility index (Phi) is 28.9. The van der Waals surface area contributed by atoms with Crippen LogP contribution in [0.15, 0.2) is 121 Å². The van der Waals surface area contributed by atoms with Gasteiger partial charge in [0.15, 0.2) is 14.5 Å². The molecule has 5 aliphatic carbocycles. The maximum absolute atomic E-state index is 15.9. The standard InChI is InChI=1S/C22H15F9P.C19H33F3P.C19H27F3P.C16H30F3N3P/c23-19(24,21(27,28)29)20(25,26)22(30,31)32(16-10-4-1-5-11-16,17-12-6-2-7-13-17)18-14-8-3-9-15-18;2*20-19(21,22)23(16-10-4-1-5-11-16,17-12-6-2-7-13-17)18-14-8-3-9-15-18;17-16(18,19)23(20-10-4-1-5-11-20,21-12-6-2-7-13-21)22-14-8-3-9-15-22/h1-15H;16-18H,1-15H2;1,4-5,10-11,17-18H,2-3,6-9,12-15H2;1-15H2/q4*+1. The molecular weight excluding hydrogens is 1420 g/mol. The van der Waals surface area contributed by atoms with E-state index in [2.05, 4.69) is 0 Å². The highest BCUT2D eigenvalue weighted by Crippen LogP contribution is 2.86. The van der Waals surface area contributed by atoms with Crippen LogP contribution in [-0.4, -0.2) is 123 Å². The lowest BCUT2D eigenvalue weighted by Gasteiger charge is -2.49. The van der Waals surface area contributed by atoms with Gasteiger partial charge in [0.05, 0.1) is 28.3 Å². The van der Waals surface area contributed by atoms with Crippen molar-refractivity contribution in [3.8, 4) is 0 Å². The Labute approximate surface area is 589 Å². The average molecular weight is 1530 g/mol. The Morgan fingerprint density at radius 2 is 0.485 bits per heavy atom. The van der Waals surface area contributed by atoms with E-state index < -0.39 is 86.9 Å². The molecule has 4 aromatic rings. The molecule has 101 heavy (non-hydrogen) atoms. The lowest BCUT2D eigenvalue weighted by molar-refractivity contribution is -0.382. The average Bonchev–Trinajstić information content (AvgIpc) is 0.695. The van der Waals surface area contributed by atoms with E-state index in [1.807, 2.05) is 32.2 Å². The van der Waals surface area contributed by atoms with Crippen molar-refractivity contribution in [3.05, 3.63) is 121 Å². The third-order valence-electron chi connectivity index (χ3n) is 23.4. The summed E-state index contributed by atoms with van der Waals surface area (Å²) in [7, 11) is -14.6. The SMILES string of the molecule is FC(F)(F)C(F)(F)C(F)(F)C(F)(F)[P+](c1ccccc1)(c1ccccc1)c1ccccc1.FC(F)(F)[P+](C1CCCCC1)(C1CCCCC1)C1CCCCC1.FC(F)(F)[P+](N1CCCCC1)(N1CCCCC1)N1CCCCC1.FC(F)(F)[P+](c1ccccc1)(C1CCCCC1)C1CCCCC1. The van der Waals surface area contributed by atoms with Gasteiger partial charge in [-0.25, -0.2) is 0 Å². The van der Waals surface area contributed by atoms with Crippen molar-refractivity contribution >= 4 is 50.7 Å². The Balaban J connectivity index is 0.000000159. The second-order valence-corrected chi connectivity index (χ2v) is 44.5. The Bertz CT molecular complexity index is 2760. The third kappa shape index (κ3) is 16.9. The molecule has 0 unspecified atom stereocenters. The molecule has 0 amide bonds. The number of alkyl halides is 18. The predicted octanol–water partition coefficient (Wildman–Crippen LogP) is 25.2. The van der Waals surface area contributed by atoms with Crippen LogP contribution in [0.3, 0.4) is 0 Å². The Morgan fingerprint density at radius 1 is 0.248 bits per heavy atom. The van der Waals surface area contributed by atoms with Gasteiger partial charge >= 0.3 is 49.2 Å². The zero-order chi connectivity index (χ0) is 72.9. The predicted molar refractivity (Wildman–Crippen MR) is 382 cm³/mol. The molecule has 566 valence electrons. The lowest BCUT2D eigenvalue weighted by atomic mass is 9.99. The number of rotatable bonds is 15. The van der Waals surface area contributed by atoms with Crippen molar-refractivity contribution in [1.29, 1.82) is 0 Å². The highest BCUT2D eigenvalue weighted by atomic mass is 31.2. The number of benzene rings is 4. The maximum Gasteiger partial charge on any atom is 0.561 e. The number of piperidine rings is 3. The molecule has 12 rings (SSSR count). The zero-order valence-corrected chi connectivity index (χ0v) is 61.7. The van der Waals surface area contributed by atoms with Gasteiger partial charge < -0.3 is 0 Å². The molecular formula is C76H105F18N3P4+4. The van der Waals surface area contributed by atoms with Crippen molar-refractivity contribution < 1.29 is 79.0 Å². The quantitative estimate of drug-likeness (QED) is 0.0868. The number of nitrogens with zero attached hydrogens (tertiary/aromatic N) is 3. The molecule has 25 heteroatoms. The van der Waals surface area contributed by atoms with Crippen LogP contribution in [0.5, 0.6) is 0 Å². The van der Waals surface area contributed by atoms with Crippen LogP contribution in [0.1, 0.15) is 218 Å². The largest absolute Gasteiger partial charge is 0.561 e. The molecule has 0 radical (unpaired) electrons. The van der Waals surface area contributed by atoms with Crippen LogP contribution < -0.4 is 21.2 Å². The molecule has 0 bridgehead atoms. The number of hydrogen-bond donors (Lipinski definition) is 0. The summed E-state index contributed by atoms with van der Waals surface area (Å²) in [5, 5.41) is -0.786. The van der Waals surface area contributed by atoms with E-state index in [-0.39, 0.29) is 28.3 Å². The van der Waals surface area contributed by atoms with E-state index in [1.165, 1.54) is 54.6 Å². The summed E-state index contributed by atoms with van der Waals surface area (Å²) in [6, 6.07) is 26.7. The van der Waals surface area contributed by atoms with Gasteiger partial charge in [-0.1, -0.05) is 124 Å². The summed E-state index contributed by atoms with van der Waals surface area (Å²) >= 11 is 0. The lowest BCUT2D eigenvalue weighted by Crippen LogP contribution is -2.64. The Morgan fingerprint density at radius 3 is 0.713 bits per heavy atom. The molecule has 0 atom stereocenters. The van der Waals surface area contributed by atoms with Crippen LogP contribution in [0.2, 0.25) is 0 Å². The van der Waals surface area contributed by atoms with Crippen molar-refractivity contribution in [2.24, 2.45) is 0 Å². The molecule has 0 aromatic heterocycles. The van der Waals surface area contributed by atoms with Gasteiger partial charge in [-0.15, -0.1) is 53.5 Å². The molecule has 3 heterocycles. The van der Waals surface area contributed by atoms with Gasteiger partial charge in [0.25, 0.3) is 0 Å². The van der Waals surface area contributed by atoms with Crippen molar-refractivity contribution in [2.75, 3.05) is 39.3 Å². The summed E-state index contributed by atoms with van der Waals surface area (Å²) in [6.45, 7) is 3.75. The van der Waals surface area contributed by atoms with Crippen molar-refractivity contribution in [1.82, 2.24) is 14.0 Å². The van der Waals surface area contributed by atoms with Crippen LogP contribution in [-0.2, 0) is 0 Å². The van der Waals surface area contributed by atoms with E-state index in [4.69, 9.17) is 0 Å². The van der Waals surface area contributed by atoms with Gasteiger partial charge in [0.1, 0.15) is 28.5 Å². The fourth-order valence-electron chi connectivity index (χ4n) is 18.9. The molecule has 5 saturated carbocycles. The van der Waals surface area contributed by atoms with E-state index in [9.17, 15) is 70.2 Å². The topological polar surface area (TPSA) is 9.72 Å². The molecule has 3 aliphatic heterocycles. The van der Waals surface area contributed by atoms with Crippen molar-refractivity contribution in [2.45, 2.75) is 288 Å². The van der Waals surface area contributed by atoms with Gasteiger partial charge in [-0.2, -0.15) is 39.5 Å². The Hall–Kier alpha value is -2.78. The van der Waals surface area contributed by atoms with E-state index in [0.29, 0.717) is 44.6 Å². The fraction of sp³-hybridized carbons (Fsp3) is 0.684. The highest BCUT2D eigenvalue weighted by molar-refractivity contribution is 7.96. The van der Waals surface area contributed by atoms with E-state index in [0.717, 1.165) is 255 Å². The normalized spacial score (nSPS) is 21.8. The molecule has 8 aliphatic rings. The second kappa shape index (κ2) is 35.5.